The van der Waals surface area contributed by atoms with Crippen molar-refractivity contribution in [1.82, 2.24) is 4.98 Å². The van der Waals surface area contributed by atoms with Crippen LogP contribution in [0.1, 0.15) is 15.9 Å². The third kappa shape index (κ3) is 4.27. The number of benzene rings is 3. The molecule has 0 saturated carbocycles. The highest BCUT2D eigenvalue weighted by molar-refractivity contribution is 6.04. The van der Waals surface area contributed by atoms with E-state index in [1.807, 2.05) is 66.7 Å². The van der Waals surface area contributed by atoms with Crippen LogP contribution in [0.2, 0.25) is 0 Å². The minimum atomic E-state index is -0.176. The van der Waals surface area contributed by atoms with E-state index in [9.17, 15) is 4.79 Å². The highest BCUT2D eigenvalue weighted by Crippen LogP contribution is 2.22. The molecule has 4 aromatic rings. The average molecular weight is 370 g/mol. The topological polar surface area (TPSA) is 64.4 Å². The lowest BCUT2D eigenvalue weighted by molar-refractivity contribution is 0.102. The van der Waals surface area contributed by atoms with Crippen molar-refractivity contribution >= 4 is 11.6 Å². The average Bonchev–Trinajstić information content (AvgIpc) is 3.29. The smallest absolute Gasteiger partial charge is 0.255 e. The Labute approximate surface area is 162 Å². The lowest BCUT2D eigenvalue weighted by atomic mass is 10.1. The zero-order chi connectivity index (χ0) is 19.2. The number of rotatable bonds is 6. The van der Waals surface area contributed by atoms with Crippen LogP contribution in [-0.4, -0.2) is 10.9 Å². The molecule has 28 heavy (non-hydrogen) atoms. The summed E-state index contributed by atoms with van der Waals surface area (Å²) in [7, 11) is 0. The number of amides is 1. The first kappa shape index (κ1) is 17.5. The summed E-state index contributed by atoms with van der Waals surface area (Å²) in [5.41, 5.74) is 3.11. The molecule has 4 rings (SSSR count). The van der Waals surface area contributed by atoms with Gasteiger partial charge >= 0.3 is 0 Å². The molecular weight excluding hydrogens is 352 g/mol. The number of nitrogens with one attached hydrogen (secondary N) is 1. The van der Waals surface area contributed by atoms with E-state index in [4.69, 9.17) is 9.15 Å². The summed E-state index contributed by atoms with van der Waals surface area (Å²) in [6.07, 6.45) is 3.01. The van der Waals surface area contributed by atoms with Crippen LogP contribution in [0.3, 0.4) is 0 Å². The molecule has 0 fully saturated rings. The minimum Gasteiger partial charge on any atom is -0.489 e. The monoisotopic (exact) mass is 370 g/mol. The molecule has 0 atom stereocenters. The third-order valence-corrected chi connectivity index (χ3v) is 4.20. The third-order valence-electron chi connectivity index (χ3n) is 4.20. The van der Waals surface area contributed by atoms with Crippen LogP contribution in [0.5, 0.6) is 5.75 Å². The summed E-state index contributed by atoms with van der Waals surface area (Å²) in [4.78, 5) is 16.4. The number of hydrogen-bond acceptors (Lipinski definition) is 4. The van der Waals surface area contributed by atoms with Gasteiger partial charge in [-0.05, 0) is 42.0 Å². The summed E-state index contributed by atoms with van der Waals surface area (Å²) in [5, 5.41) is 2.91. The van der Waals surface area contributed by atoms with Crippen LogP contribution >= 0.6 is 0 Å². The molecule has 0 unspecified atom stereocenters. The molecule has 0 aliphatic heterocycles. The quantitative estimate of drug-likeness (QED) is 0.508. The molecule has 1 aromatic heterocycles. The molecule has 0 aliphatic rings. The zero-order valence-electron chi connectivity index (χ0n) is 15.0. The highest BCUT2D eigenvalue weighted by Gasteiger charge is 2.08. The summed E-state index contributed by atoms with van der Waals surface area (Å²) in [6, 6.07) is 24.4. The molecule has 0 saturated heterocycles. The summed E-state index contributed by atoms with van der Waals surface area (Å²) in [5.74, 6) is 1.29. The maximum Gasteiger partial charge on any atom is 0.255 e. The maximum atomic E-state index is 12.5. The molecule has 5 nitrogen and oxygen atoms in total. The number of ether oxygens (including phenoxy) is 1. The molecule has 3 aromatic carbocycles. The van der Waals surface area contributed by atoms with E-state index in [-0.39, 0.29) is 5.91 Å². The molecule has 0 bridgehead atoms. The Morgan fingerprint density at radius 3 is 2.54 bits per heavy atom. The Hall–Kier alpha value is -3.86. The fraction of sp³-hybridized carbons (Fsp3) is 0.0435. The zero-order valence-corrected chi connectivity index (χ0v) is 15.0. The molecule has 0 radical (unpaired) electrons. The van der Waals surface area contributed by atoms with Crippen LogP contribution in [0, 0.1) is 0 Å². The van der Waals surface area contributed by atoms with Crippen LogP contribution in [-0.2, 0) is 6.61 Å². The summed E-state index contributed by atoms with van der Waals surface area (Å²) in [6.45, 7) is 0.450. The normalized spacial score (nSPS) is 10.4. The van der Waals surface area contributed by atoms with Crippen molar-refractivity contribution in [2.45, 2.75) is 6.61 Å². The molecule has 1 N–H and O–H groups in total. The van der Waals surface area contributed by atoms with E-state index in [2.05, 4.69) is 10.3 Å². The lowest BCUT2D eigenvalue weighted by Crippen LogP contribution is -2.12. The van der Waals surface area contributed by atoms with E-state index >= 15 is 0 Å². The Kier molecular flexibility index (Phi) is 5.15. The minimum absolute atomic E-state index is 0.176. The van der Waals surface area contributed by atoms with Gasteiger partial charge in [-0.1, -0.05) is 42.5 Å². The molecule has 0 spiro atoms. The first-order valence-corrected chi connectivity index (χ1v) is 8.85. The standard InChI is InChI=1S/C23H18N2O3/c26-23(25-20-6-4-5-19(13-20)22-14-24-16-28-22)18-11-9-17(10-12-18)15-27-21-7-2-1-3-8-21/h1-14,16H,15H2,(H,25,26). The Balaban J connectivity index is 1.39. The first-order valence-electron chi connectivity index (χ1n) is 8.85. The van der Waals surface area contributed by atoms with Gasteiger partial charge < -0.3 is 14.5 Å². The van der Waals surface area contributed by atoms with Crippen molar-refractivity contribution in [3.63, 3.8) is 0 Å². The number of para-hydroxylation sites is 1. The fourth-order valence-corrected chi connectivity index (χ4v) is 2.75. The number of aromatic nitrogens is 1. The Bertz CT molecular complexity index is 1040. The van der Waals surface area contributed by atoms with E-state index in [1.165, 1.54) is 6.39 Å². The van der Waals surface area contributed by atoms with Crippen molar-refractivity contribution in [3.8, 4) is 17.1 Å². The molecule has 5 heteroatoms. The molecule has 1 heterocycles. The number of anilines is 1. The van der Waals surface area contributed by atoms with Gasteiger partial charge in [0, 0.05) is 16.8 Å². The number of carbonyl (C=O) groups excluding carboxylic acids is 1. The van der Waals surface area contributed by atoms with Crippen LogP contribution in [0.25, 0.3) is 11.3 Å². The Morgan fingerprint density at radius 2 is 1.79 bits per heavy atom. The Morgan fingerprint density at radius 1 is 0.964 bits per heavy atom. The second-order valence-corrected chi connectivity index (χ2v) is 6.20. The van der Waals surface area contributed by atoms with Gasteiger partial charge in [0.15, 0.2) is 12.2 Å². The van der Waals surface area contributed by atoms with E-state index in [0.717, 1.165) is 16.9 Å². The van der Waals surface area contributed by atoms with Gasteiger partial charge in [0.2, 0.25) is 0 Å². The van der Waals surface area contributed by atoms with Crippen LogP contribution in [0.4, 0.5) is 5.69 Å². The number of hydrogen-bond donors (Lipinski definition) is 1. The van der Waals surface area contributed by atoms with Crippen molar-refractivity contribution in [3.05, 3.63) is 103 Å². The van der Waals surface area contributed by atoms with Crippen LogP contribution < -0.4 is 10.1 Å². The second-order valence-electron chi connectivity index (χ2n) is 6.20. The van der Waals surface area contributed by atoms with Gasteiger partial charge in [-0.2, -0.15) is 0 Å². The van der Waals surface area contributed by atoms with E-state index in [1.54, 1.807) is 18.3 Å². The number of carbonyl (C=O) groups is 1. The van der Waals surface area contributed by atoms with Crippen molar-refractivity contribution < 1.29 is 13.9 Å². The first-order chi connectivity index (χ1) is 13.8. The number of oxazole rings is 1. The predicted molar refractivity (Wildman–Crippen MR) is 107 cm³/mol. The van der Waals surface area contributed by atoms with Gasteiger partial charge in [0.25, 0.3) is 5.91 Å². The molecular formula is C23H18N2O3. The predicted octanol–water partition coefficient (Wildman–Crippen LogP) is 5.17. The van der Waals surface area contributed by atoms with Crippen LogP contribution in [0.15, 0.2) is 95.9 Å². The van der Waals surface area contributed by atoms with Gasteiger partial charge in [0.1, 0.15) is 12.4 Å². The fourth-order valence-electron chi connectivity index (χ4n) is 2.75. The van der Waals surface area contributed by atoms with Gasteiger partial charge in [-0.3, -0.25) is 4.79 Å². The summed E-state index contributed by atoms with van der Waals surface area (Å²) >= 11 is 0. The van der Waals surface area contributed by atoms with Crippen molar-refractivity contribution in [2.24, 2.45) is 0 Å². The van der Waals surface area contributed by atoms with E-state index in [0.29, 0.717) is 23.6 Å². The largest absolute Gasteiger partial charge is 0.489 e. The maximum absolute atomic E-state index is 12.5. The van der Waals surface area contributed by atoms with Gasteiger partial charge in [0.05, 0.1) is 6.20 Å². The van der Waals surface area contributed by atoms with Gasteiger partial charge in [-0.25, -0.2) is 4.98 Å². The highest BCUT2D eigenvalue weighted by atomic mass is 16.5. The lowest BCUT2D eigenvalue weighted by Gasteiger charge is -2.08. The second kappa shape index (κ2) is 8.22. The van der Waals surface area contributed by atoms with Gasteiger partial charge in [-0.15, -0.1) is 0 Å². The molecule has 0 aliphatic carbocycles. The van der Waals surface area contributed by atoms with E-state index < -0.39 is 0 Å². The SMILES string of the molecule is O=C(Nc1cccc(-c2cnco2)c1)c1ccc(COc2ccccc2)cc1. The summed E-state index contributed by atoms with van der Waals surface area (Å²) < 4.78 is 11.0. The van der Waals surface area contributed by atoms with Crippen molar-refractivity contribution in [1.29, 1.82) is 0 Å². The molecule has 138 valence electrons. The number of nitrogens with zero attached hydrogens (tertiary/aromatic N) is 1. The van der Waals surface area contributed by atoms with Crippen molar-refractivity contribution in [2.75, 3.05) is 5.32 Å². The molecule has 1 amide bonds.